The lowest BCUT2D eigenvalue weighted by atomic mass is 10.0. The van der Waals surface area contributed by atoms with Crippen molar-refractivity contribution < 1.29 is 13.9 Å². The van der Waals surface area contributed by atoms with Crippen molar-refractivity contribution >= 4 is 17.4 Å². The quantitative estimate of drug-likeness (QED) is 0.343. The molecule has 5 aromatic rings. The van der Waals surface area contributed by atoms with Gasteiger partial charge in [-0.1, -0.05) is 0 Å². The second-order valence-electron chi connectivity index (χ2n) is 9.50. The van der Waals surface area contributed by atoms with Crippen molar-refractivity contribution in [3.63, 3.8) is 0 Å². The number of carbonyl (C=O) groups excluding carboxylic acids is 1. The number of fused-ring (bicyclic) bond motifs is 1. The first-order valence-corrected chi connectivity index (χ1v) is 11.7. The van der Waals surface area contributed by atoms with Crippen molar-refractivity contribution in [3.8, 4) is 28.2 Å². The minimum Gasteiger partial charge on any atom is -0.458 e. The molecule has 0 radical (unpaired) electrons. The fraction of sp³-hybridized carbons (Fsp3) is 0.231. The number of esters is 1. The lowest BCUT2D eigenvalue weighted by molar-refractivity contribution is -0.155. The molecule has 11 heteroatoms. The zero-order valence-corrected chi connectivity index (χ0v) is 20.8. The molecule has 0 saturated heterocycles. The highest BCUT2D eigenvalue weighted by Gasteiger charge is 2.22. The maximum Gasteiger partial charge on any atom is 0.328 e. The van der Waals surface area contributed by atoms with Gasteiger partial charge in [0.05, 0.1) is 0 Å². The number of hydrogen-bond acceptors (Lipinski definition) is 8. The molecule has 0 saturated carbocycles. The van der Waals surface area contributed by atoms with E-state index in [2.05, 4.69) is 25.6 Å². The van der Waals surface area contributed by atoms with Crippen LogP contribution >= 0.6 is 0 Å². The Kier molecular flexibility index (Phi) is 6.12. The molecule has 10 nitrogen and oxygen atoms in total. The first kappa shape index (κ1) is 24.0. The summed E-state index contributed by atoms with van der Waals surface area (Å²) < 4.78 is 22.3. The van der Waals surface area contributed by atoms with E-state index in [4.69, 9.17) is 9.84 Å². The van der Waals surface area contributed by atoms with Gasteiger partial charge in [0.1, 0.15) is 35.3 Å². The summed E-state index contributed by atoms with van der Waals surface area (Å²) in [6, 6.07) is 12.8. The van der Waals surface area contributed by atoms with Crippen LogP contribution in [0.15, 0.2) is 67.3 Å². The van der Waals surface area contributed by atoms with Gasteiger partial charge in [0, 0.05) is 23.5 Å². The standard InChI is InChI=1S/C26H25FN8O2/c1-16(25(36)37-26(2,3)4)30-21-13-18(11-12-28-21)20-14-34(23-10-9-22-31-29-15-35(22)32-23)33-24(20)17-5-7-19(27)8-6-17/h5-16H,1-4H3,(H,28,30). The topological polar surface area (TPSA) is 112 Å². The van der Waals surface area contributed by atoms with Crippen LogP contribution in [0, 0.1) is 5.82 Å². The fourth-order valence-corrected chi connectivity index (χ4v) is 3.71. The Bertz CT molecular complexity index is 1570. The van der Waals surface area contributed by atoms with Gasteiger partial charge < -0.3 is 10.1 Å². The van der Waals surface area contributed by atoms with E-state index >= 15 is 0 Å². The largest absolute Gasteiger partial charge is 0.458 e. The fourth-order valence-electron chi connectivity index (χ4n) is 3.71. The van der Waals surface area contributed by atoms with Crippen molar-refractivity contribution in [2.45, 2.75) is 39.3 Å². The molecule has 0 fully saturated rings. The van der Waals surface area contributed by atoms with Crippen LogP contribution in [-0.4, -0.2) is 52.2 Å². The third kappa shape index (κ3) is 5.30. The van der Waals surface area contributed by atoms with Gasteiger partial charge in [-0.3, -0.25) is 0 Å². The number of nitrogens with one attached hydrogen (secondary N) is 1. The second kappa shape index (κ2) is 9.41. The smallest absolute Gasteiger partial charge is 0.328 e. The molecule has 0 bridgehead atoms. The normalized spacial score (nSPS) is 12.5. The Morgan fingerprint density at radius 1 is 1.05 bits per heavy atom. The minimum atomic E-state index is -0.610. The van der Waals surface area contributed by atoms with E-state index in [9.17, 15) is 9.18 Å². The minimum absolute atomic E-state index is 0.337. The molecule has 1 N–H and O–H groups in total. The summed E-state index contributed by atoms with van der Waals surface area (Å²) in [6.45, 7) is 7.18. The van der Waals surface area contributed by atoms with E-state index < -0.39 is 11.6 Å². The number of ether oxygens (including phenoxy) is 1. The Balaban J connectivity index is 1.53. The zero-order valence-electron chi connectivity index (χ0n) is 20.8. The van der Waals surface area contributed by atoms with Gasteiger partial charge in [0.15, 0.2) is 11.5 Å². The SMILES string of the molecule is CC(Nc1cc(-c2cn(-c3ccc4nncn4n3)nc2-c2ccc(F)cc2)ccn1)C(=O)OC(C)(C)C. The first-order chi connectivity index (χ1) is 17.7. The van der Waals surface area contributed by atoms with Crippen LogP contribution in [0.1, 0.15) is 27.7 Å². The summed E-state index contributed by atoms with van der Waals surface area (Å²) in [5.41, 5.74) is 2.94. The molecule has 1 unspecified atom stereocenters. The van der Waals surface area contributed by atoms with E-state index in [-0.39, 0.29) is 11.8 Å². The maximum atomic E-state index is 13.7. The summed E-state index contributed by atoms with van der Waals surface area (Å²) >= 11 is 0. The maximum absolute atomic E-state index is 13.7. The molecule has 4 heterocycles. The Labute approximate surface area is 212 Å². The summed E-state index contributed by atoms with van der Waals surface area (Å²) in [5, 5.41) is 20.2. The molecule has 0 aliphatic carbocycles. The van der Waals surface area contributed by atoms with Crippen LogP contribution in [-0.2, 0) is 9.53 Å². The number of hydrogen-bond donors (Lipinski definition) is 1. The Hall–Kier alpha value is -4.67. The van der Waals surface area contributed by atoms with E-state index in [0.717, 1.165) is 16.7 Å². The highest BCUT2D eigenvalue weighted by molar-refractivity contribution is 5.83. The van der Waals surface area contributed by atoms with Crippen molar-refractivity contribution in [3.05, 3.63) is 73.1 Å². The van der Waals surface area contributed by atoms with Crippen molar-refractivity contribution in [2.75, 3.05) is 5.32 Å². The van der Waals surface area contributed by atoms with Gasteiger partial charge in [-0.15, -0.1) is 15.3 Å². The zero-order chi connectivity index (χ0) is 26.2. The molecule has 0 spiro atoms. The van der Waals surface area contributed by atoms with Crippen LogP contribution in [0.5, 0.6) is 0 Å². The van der Waals surface area contributed by atoms with Gasteiger partial charge in [0.2, 0.25) is 0 Å². The summed E-state index contributed by atoms with van der Waals surface area (Å²) in [4.78, 5) is 16.8. The van der Waals surface area contributed by atoms with Crippen molar-refractivity contribution in [1.82, 2.24) is 34.6 Å². The van der Waals surface area contributed by atoms with E-state index in [1.54, 1.807) is 46.6 Å². The summed E-state index contributed by atoms with van der Waals surface area (Å²) in [6.07, 6.45) is 5.00. The van der Waals surface area contributed by atoms with Crippen LogP contribution in [0.2, 0.25) is 0 Å². The number of carbonyl (C=O) groups is 1. The number of halogens is 1. The summed E-state index contributed by atoms with van der Waals surface area (Å²) in [7, 11) is 0. The van der Waals surface area contributed by atoms with Gasteiger partial charge in [0.25, 0.3) is 0 Å². The average molecular weight is 501 g/mol. The lowest BCUT2D eigenvalue weighted by Gasteiger charge is -2.23. The molecule has 37 heavy (non-hydrogen) atoms. The molecule has 0 aliphatic heterocycles. The van der Waals surface area contributed by atoms with Crippen LogP contribution < -0.4 is 5.32 Å². The average Bonchev–Trinajstić information content (AvgIpc) is 3.51. The molecule has 1 atom stereocenters. The van der Waals surface area contributed by atoms with Crippen molar-refractivity contribution in [2.24, 2.45) is 0 Å². The van der Waals surface area contributed by atoms with Crippen LogP contribution in [0.3, 0.4) is 0 Å². The Morgan fingerprint density at radius 2 is 1.84 bits per heavy atom. The van der Waals surface area contributed by atoms with Gasteiger partial charge >= 0.3 is 5.97 Å². The molecule has 1 aromatic carbocycles. The predicted octanol–water partition coefficient (Wildman–Crippen LogP) is 4.32. The highest BCUT2D eigenvalue weighted by atomic mass is 19.1. The predicted molar refractivity (Wildman–Crippen MR) is 135 cm³/mol. The Morgan fingerprint density at radius 3 is 2.59 bits per heavy atom. The summed E-state index contributed by atoms with van der Waals surface area (Å²) in [5.74, 6) is 0.330. The number of nitrogens with zero attached hydrogens (tertiary/aromatic N) is 7. The number of anilines is 1. The molecular formula is C26H25FN8O2. The van der Waals surface area contributed by atoms with Gasteiger partial charge in [-0.05, 0) is 81.8 Å². The van der Waals surface area contributed by atoms with Crippen LogP contribution in [0.4, 0.5) is 10.2 Å². The number of pyridine rings is 1. The molecule has 0 amide bonds. The third-order valence-corrected chi connectivity index (χ3v) is 5.41. The van der Waals surface area contributed by atoms with Gasteiger partial charge in [-0.25, -0.2) is 18.9 Å². The molecule has 0 aliphatic rings. The number of aromatic nitrogens is 7. The number of rotatable bonds is 6. The molecule has 188 valence electrons. The highest BCUT2D eigenvalue weighted by Crippen LogP contribution is 2.33. The number of benzene rings is 1. The van der Waals surface area contributed by atoms with E-state index in [1.165, 1.54) is 18.5 Å². The lowest BCUT2D eigenvalue weighted by Crippen LogP contribution is -2.34. The first-order valence-electron chi connectivity index (χ1n) is 11.7. The molecule has 5 rings (SSSR count). The van der Waals surface area contributed by atoms with Crippen LogP contribution in [0.25, 0.3) is 33.8 Å². The monoisotopic (exact) mass is 500 g/mol. The molecule has 4 aromatic heterocycles. The van der Waals surface area contributed by atoms with Gasteiger partial charge in [-0.2, -0.15) is 9.61 Å². The van der Waals surface area contributed by atoms with Crippen molar-refractivity contribution in [1.29, 1.82) is 0 Å². The third-order valence-electron chi connectivity index (χ3n) is 5.41. The molecular weight excluding hydrogens is 475 g/mol. The van der Waals surface area contributed by atoms with E-state index in [0.29, 0.717) is 23.0 Å². The van der Waals surface area contributed by atoms with E-state index in [1.807, 2.05) is 39.1 Å². The second-order valence-corrected chi connectivity index (χ2v) is 9.50.